The lowest BCUT2D eigenvalue weighted by Crippen LogP contribution is -2.19. The van der Waals surface area contributed by atoms with Crippen LogP contribution in [-0.4, -0.2) is 11.7 Å². The molecule has 14 heavy (non-hydrogen) atoms. The average Bonchev–Trinajstić information content (AvgIpc) is 2.15. The molecule has 3 nitrogen and oxygen atoms in total. The highest BCUT2D eigenvalue weighted by Gasteiger charge is 2.21. The number of rotatable bonds is 2. The first-order chi connectivity index (χ1) is 6.49. The Morgan fingerprint density at radius 3 is 2.36 bits per heavy atom. The van der Waals surface area contributed by atoms with Gasteiger partial charge in [-0.05, 0) is 0 Å². The third-order valence-corrected chi connectivity index (χ3v) is 1.81. The van der Waals surface area contributed by atoms with Crippen LogP contribution < -0.4 is 11.5 Å². The summed E-state index contributed by atoms with van der Waals surface area (Å²) in [5.74, 6) is -3.80. The molecule has 0 aliphatic heterocycles. The molecule has 0 spiro atoms. The zero-order valence-corrected chi connectivity index (χ0v) is 7.10. The van der Waals surface area contributed by atoms with Crippen LogP contribution in [-0.2, 0) is 0 Å². The van der Waals surface area contributed by atoms with E-state index in [1.807, 2.05) is 0 Å². The maximum absolute atomic E-state index is 13.1. The Balaban J connectivity index is 3.39. The summed E-state index contributed by atoms with van der Waals surface area (Å²) in [6.07, 6.45) is 0. The van der Waals surface area contributed by atoms with Gasteiger partial charge in [0.2, 0.25) is 0 Å². The van der Waals surface area contributed by atoms with Gasteiger partial charge in [-0.25, -0.2) is 13.2 Å². The average molecular weight is 206 g/mol. The summed E-state index contributed by atoms with van der Waals surface area (Å²) in [5, 5.41) is 8.63. The van der Waals surface area contributed by atoms with E-state index in [0.29, 0.717) is 6.07 Å². The summed E-state index contributed by atoms with van der Waals surface area (Å²) in [6, 6.07) is -0.904. The van der Waals surface area contributed by atoms with Crippen molar-refractivity contribution >= 4 is 5.69 Å². The van der Waals surface area contributed by atoms with Crippen molar-refractivity contribution < 1.29 is 18.3 Å². The smallest absolute Gasteiger partial charge is 0.165 e. The maximum atomic E-state index is 13.1. The standard InChI is InChI=1S/C8H9F3N2O/c9-3-1-4(10)8(13)6(7(3)11)5(12)2-14/h1,5,14H,2,12-13H2/t5-/m0/s1. The molecule has 0 amide bonds. The van der Waals surface area contributed by atoms with Gasteiger partial charge in [-0.15, -0.1) is 0 Å². The molecule has 1 aromatic rings. The Kier molecular flexibility index (Phi) is 2.97. The fourth-order valence-electron chi connectivity index (χ4n) is 1.08. The van der Waals surface area contributed by atoms with Crippen molar-refractivity contribution in [3.8, 4) is 0 Å². The van der Waals surface area contributed by atoms with Gasteiger partial charge in [-0.3, -0.25) is 0 Å². The zero-order chi connectivity index (χ0) is 10.9. The van der Waals surface area contributed by atoms with E-state index in [2.05, 4.69) is 0 Å². The zero-order valence-electron chi connectivity index (χ0n) is 7.10. The van der Waals surface area contributed by atoms with Crippen LogP contribution in [0.4, 0.5) is 18.9 Å². The molecule has 0 radical (unpaired) electrons. The van der Waals surface area contributed by atoms with Gasteiger partial charge in [0, 0.05) is 11.6 Å². The second-order valence-electron chi connectivity index (χ2n) is 2.77. The maximum Gasteiger partial charge on any atom is 0.165 e. The molecule has 0 heterocycles. The third-order valence-electron chi connectivity index (χ3n) is 1.81. The number of hydrogen-bond donors (Lipinski definition) is 3. The minimum Gasteiger partial charge on any atom is -0.396 e. The van der Waals surface area contributed by atoms with Gasteiger partial charge in [0.15, 0.2) is 11.6 Å². The van der Waals surface area contributed by atoms with Gasteiger partial charge in [0.25, 0.3) is 0 Å². The summed E-state index contributed by atoms with van der Waals surface area (Å²) in [7, 11) is 0. The van der Waals surface area contributed by atoms with Crippen molar-refractivity contribution in [3.63, 3.8) is 0 Å². The highest BCUT2D eigenvalue weighted by atomic mass is 19.2. The summed E-state index contributed by atoms with van der Waals surface area (Å²) in [6.45, 7) is -0.649. The molecule has 0 aromatic heterocycles. The quantitative estimate of drug-likeness (QED) is 0.492. The molecule has 0 aliphatic carbocycles. The molecule has 6 heteroatoms. The molecule has 5 N–H and O–H groups in total. The van der Waals surface area contributed by atoms with Crippen LogP contribution in [0.15, 0.2) is 6.07 Å². The van der Waals surface area contributed by atoms with E-state index in [-0.39, 0.29) is 0 Å². The van der Waals surface area contributed by atoms with Crippen molar-refractivity contribution in [3.05, 3.63) is 29.1 Å². The predicted octanol–water partition coefficient (Wildman–Crippen LogP) is 0.678. The number of hydrogen-bond acceptors (Lipinski definition) is 3. The fourth-order valence-corrected chi connectivity index (χ4v) is 1.08. The summed E-state index contributed by atoms with van der Waals surface area (Å²) >= 11 is 0. The van der Waals surface area contributed by atoms with Gasteiger partial charge >= 0.3 is 0 Å². The molecule has 1 aromatic carbocycles. The molecular formula is C8H9F3N2O. The highest BCUT2D eigenvalue weighted by Crippen LogP contribution is 2.26. The largest absolute Gasteiger partial charge is 0.396 e. The Morgan fingerprint density at radius 2 is 1.86 bits per heavy atom. The van der Waals surface area contributed by atoms with E-state index in [0.717, 1.165) is 0 Å². The summed E-state index contributed by atoms with van der Waals surface area (Å²) < 4.78 is 38.6. The van der Waals surface area contributed by atoms with E-state index in [4.69, 9.17) is 16.6 Å². The van der Waals surface area contributed by atoms with Crippen LogP contribution in [0.25, 0.3) is 0 Å². The number of halogens is 3. The van der Waals surface area contributed by atoms with Gasteiger partial charge in [-0.1, -0.05) is 0 Å². The normalized spacial score (nSPS) is 12.9. The predicted molar refractivity (Wildman–Crippen MR) is 44.7 cm³/mol. The Hall–Kier alpha value is -1.27. The number of aliphatic hydroxyl groups excluding tert-OH is 1. The number of benzene rings is 1. The summed E-state index contributed by atoms with van der Waals surface area (Å²) in [4.78, 5) is 0. The van der Waals surface area contributed by atoms with Crippen LogP contribution >= 0.6 is 0 Å². The number of aliphatic hydroxyl groups is 1. The first-order valence-corrected chi connectivity index (χ1v) is 3.78. The van der Waals surface area contributed by atoms with Crippen LogP contribution in [0.1, 0.15) is 11.6 Å². The molecule has 0 bridgehead atoms. The monoisotopic (exact) mass is 206 g/mol. The molecule has 78 valence electrons. The van der Waals surface area contributed by atoms with Crippen molar-refractivity contribution in [2.24, 2.45) is 5.73 Å². The molecule has 0 saturated heterocycles. The van der Waals surface area contributed by atoms with E-state index in [1.165, 1.54) is 0 Å². The van der Waals surface area contributed by atoms with Crippen LogP contribution in [0.5, 0.6) is 0 Å². The Bertz CT molecular complexity index is 331. The molecular weight excluding hydrogens is 197 g/mol. The minimum absolute atomic E-state index is 0.332. The van der Waals surface area contributed by atoms with Crippen molar-refractivity contribution in [1.29, 1.82) is 0 Å². The van der Waals surface area contributed by atoms with E-state index < -0.39 is 41.4 Å². The lowest BCUT2D eigenvalue weighted by molar-refractivity contribution is 0.264. The third kappa shape index (κ3) is 1.66. The lowest BCUT2D eigenvalue weighted by atomic mass is 10.0. The number of nitrogens with two attached hydrogens (primary N) is 2. The topological polar surface area (TPSA) is 72.3 Å². The molecule has 1 rings (SSSR count). The minimum atomic E-state index is -1.38. The van der Waals surface area contributed by atoms with Gasteiger partial charge in [0.05, 0.1) is 18.3 Å². The van der Waals surface area contributed by atoms with Gasteiger partial charge in [0.1, 0.15) is 5.82 Å². The fraction of sp³-hybridized carbons (Fsp3) is 0.250. The second-order valence-corrected chi connectivity index (χ2v) is 2.77. The number of nitrogen functional groups attached to an aromatic ring is 1. The highest BCUT2D eigenvalue weighted by molar-refractivity contribution is 5.50. The molecule has 0 aliphatic rings. The first kappa shape index (κ1) is 10.8. The Morgan fingerprint density at radius 1 is 1.29 bits per heavy atom. The van der Waals surface area contributed by atoms with Crippen molar-refractivity contribution in [2.75, 3.05) is 12.3 Å². The number of anilines is 1. The SMILES string of the molecule is Nc1c(F)cc(F)c(F)c1[C@@H](N)CO. The summed E-state index contributed by atoms with van der Waals surface area (Å²) in [5.41, 5.74) is 9.27. The first-order valence-electron chi connectivity index (χ1n) is 3.78. The van der Waals surface area contributed by atoms with Crippen LogP contribution in [0.2, 0.25) is 0 Å². The van der Waals surface area contributed by atoms with Gasteiger partial charge < -0.3 is 16.6 Å². The molecule has 0 unspecified atom stereocenters. The molecule has 0 fully saturated rings. The van der Waals surface area contributed by atoms with Crippen LogP contribution in [0.3, 0.4) is 0 Å². The van der Waals surface area contributed by atoms with Crippen molar-refractivity contribution in [2.45, 2.75) is 6.04 Å². The van der Waals surface area contributed by atoms with Gasteiger partial charge in [-0.2, -0.15) is 0 Å². The Labute approximate surface area is 78.1 Å². The lowest BCUT2D eigenvalue weighted by Gasteiger charge is -2.13. The van der Waals surface area contributed by atoms with E-state index >= 15 is 0 Å². The molecule has 0 saturated carbocycles. The van der Waals surface area contributed by atoms with E-state index in [1.54, 1.807) is 0 Å². The van der Waals surface area contributed by atoms with E-state index in [9.17, 15) is 13.2 Å². The molecule has 1 atom stereocenters. The van der Waals surface area contributed by atoms with Crippen LogP contribution in [0, 0.1) is 17.5 Å². The van der Waals surface area contributed by atoms with Crippen molar-refractivity contribution in [1.82, 2.24) is 0 Å². The second kappa shape index (κ2) is 3.85.